The standard InChI is InChI=1S/C25H27N3O5/c1-2-16-15-28(25(32)27-23(16)30)21-13-19(29)20(33-21)14-26-24(31)22(17-9-5-3-6-10-17)18-11-7-4-8-12-18/h3-12,15,19-22,29H,2,13-14H2,1H3,(H,26,31)(H,27,30,32)/t19?,20-,21-/m0/s1. The van der Waals surface area contributed by atoms with Crippen molar-refractivity contribution in [2.75, 3.05) is 6.54 Å². The van der Waals surface area contributed by atoms with Crippen LogP contribution in [-0.4, -0.2) is 39.3 Å². The predicted octanol–water partition coefficient (Wildman–Crippen LogP) is 1.70. The molecule has 3 aromatic rings. The number of nitrogens with zero attached hydrogens (tertiary/aromatic N) is 1. The molecule has 1 saturated heterocycles. The number of rotatable bonds is 7. The number of aliphatic hydroxyl groups excluding tert-OH is 1. The van der Waals surface area contributed by atoms with Gasteiger partial charge in [0.2, 0.25) is 5.91 Å². The fourth-order valence-electron chi connectivity index (χ4n) is 4.15. The first-order valence-corrected chi connectivity index (χ1v) is 11.0. The van der Waals surface area contributed by atoms with Crippen molar-refractivity contribution in [1.82, 2.24) is 14.9 Å². The van der Waals surface area contributed by atoms with Gasteiger partial charge in [-0.05, 0) is 17.5 Å². The van der Waals surface area contributed by atoms with E-state index in [1.807, 2.05) is 67.6 Å². The van der Waals surface area contributed by atoms with Crippen LogP contribution >= 0.6 is 0 Å². The number of aromatic nitrogens is 2. The highest BCUT2D eigenvalue weighted by Gasteiger charge is 2.36. The van der Waals surface area contributed by atoms with Crippen LogP contribution in [0.1, 0.15) is 42.2 Å². The van der Waals surface area contributed by atoms with Crippen LogP contribution in [0.3, 0.4) is 0 Å². The van der Waals surface area contributed by atoms with Crippen LogP contribution < -0.4 is 16.6 Å². The molecule has 1 fully saturated rings. The minimum Gasteiger partial charge on any atom is -0.390 e. The van der Waals surface area contributed by atoms with Crippen molar-refractivity contribution < 1.29 is 14.6 Å². The molecule has 1 amide bonds. The lowest BCUT2D eigenvalue weighted by Crippen LogP contribution is -2.39. The number of carbonyl (C=O) groups excluding carboxylic acids is 1. The second-order valence-corrected chi connectivity index (χ2v) is 8.11. The maximum absolute atomic E-state index is 13.2. The van der Waals surface area contributed by atoms with E-state index in [0.29, 0.717) is 12.0 Å². The summed E-state index contributed by atoms with van der Waals surface area (Å²) < 4.78 is 7.19. The van der Waals surface area contributed by atoms with E-state index < -0.39 is 35.6 Å². The number of carbonyl (C=O) groups is 1. The van der Waals surface area contributed by atoms with Crippen LogP contribution in [0, 0.1) is 0 Å². The van der Waals surface area contributed by atoms with E-state index in [1.165, 1.54) is 10.8 Å². The van der Waals surface area contributed by atoms with Crippen LogP contribution in [0.4, 0.5) is 0 Å². The molecule has 0 bridgehead atoms. The minimum absolute atomic E-state index is 0.0887. The highest BCUT2D eigenvalue weighted by molar-refractivity contribution is 5.87. The van der Waals surface area contributed by atoms with Crippen LogP contribution in [0.2, 0.25) is 0 Å². The zero-order valence-electron chi connectivity index (χ0n) is 18.3. The molecule has 1 unspecified atom stereocenters. The Morgan fingerprint density at radius 3 is 2.30 bits per heavy atom. The van der Waals surface area contributed by atoms with Gasteiger partial charge in [0.1, 0.15) is 12.3 Å². The van der Waals surface area contributed by atoms with Crippen molar-refractivity contribution in [3.05, 3.63) is 104 Å². The number of aliphatic hydroxyl groups is 1. The second kappa shape index (κ2) is 9.97. The number of amides is 1. The van der Waals surface area contributed by atoms with Gasteiger partial charge in [-0.25, -0.2) is 4.79 Å². The second-order valence-electron chi connectivity index (χ2n) is 8.11. The van der Waals surface area contributed by atoms with Gasteiger partial charge < -0.3 is 15.2 Å². The van der Waals surface area contributed by atoms with Crippen LogP contribution in [0.25, 0.3) is 0 Å². The van der Waals surface area contributed by atoms with E-state index in [0.717, 1.165) is 11.1 Å². The van der Waals surface area contributed by atoms with Crippen molar-refractivity contribution in [3.8, 4) is 0 Å². The number of benzene rings is 2. The van der Waals surface area contributed by atoms with Crippen LogP contribution in [-0.2, 0) is 16.0 Å². The molecule has 3 atom stereocenters. The highest BCUT2D eigenvalue weighted by atomic mass is 16.5. The van der Waals surface area contributed by atoms with Gasteiger partial charge in [0.25, 0.3) is 5.56 Å². The van der Waals surface area contributed by atoms with Crippen molar-refractivity contribution >= 4 is 5.91 Å². The number of H-pyrrole nitrogens is 1. The molecule has 2 aromatic carbocycles. The van der Waals surface area contributed by atoms with Gasteiger partial charge in [-0.15, -0.1) is 0 Å². The molecule has 0 radical (unpaired) electrons. The molecule has 0 aliphatic carbocycles. The molecule has 1 aliphatic heterocycles. The Morgan fingerprint density at radius 1 is 1.12 bits per heavy atom. The Bertz CT molecular complexity index is 1170. The fourth-order valence-corrected chi connectivity index (χ4v) is 4.15. The molecule has 0 spiro atoms. The third-order valence-corrected chi connectivity index (χ3v) is 5.94. The molecule has 4 rings (SSSR count). The van der Waals surface area contributed by atoms with Crippen molar-refractivity contribution in [1.29, 1.82) is 0 Å². The van der Waals surface area contributed by atoms with Gasteiger partial charge in [0, 0.05) is 24.7 Å². The molecule has 8 nitrogen and oxygen atoms in total. The topological polar surface area (TPSA) is 113 Å². The first kappa shape index (κ1) is 22.7. The smallest absolute Gasteiger partial charge is 0.330 e. The lowest BCUT2D eigenvalue weighted by Gasteiger charge is -2.21. The van der Waals surface area contributed by atoms with E-state index in [4.69, 9.17) is 4.74 Å². The summed E-state index contributed by atoms with van der Waals surface area (Å²) >= 11 is 0. The van der Waals surface area contributed by atoms with Crippen LogP contribution in [0.15, 0.2) is 76.4 Å². The Hall–Kier alpha value is -3.49. The van der Waals surface area contributed by atoms with Crippen LogP contribution in [0.5, 0.6) is 0 Å². The quantitative estimate of drug-likeness (QED) is 0.508. The number of hydrogen-bond donors (Lipinski definition) is 3. The predicted molar refractivity (Wildman–Crippen MR) is 123 cm³/mol. The maximum Gasteiger partial charge on any atom is 0.330 e. The van der Waals surface area contributed by atoms with Gasteiger partial charge in [0.15, 0.2) is 0 Å². The van der Waals surface area contributed by atoms with E-state index in [-0.39, 0.29) is 18.9 Å². The number of hydrogen-bond acceptors (Lipinski definition) is 5. The summed E-state index contributed by atoms with van der Waals surface area (Å²) in [5.74, 6) is -0.711. The Morgan fingerprint density at radius 2 is 1.73 bits per heavy atom. The lowest BCUT2D eigenvalue weighted by molar-refractivity contribution is -0.122. The summed E-state index contributed by atoms with van der Waals surface area (Å²) in [4.78, 5) is 39.6. The number of ether oxygens (including phenoxy) is 1. The highest BCUT2D eigenvalue weighted by Crippen LogP contribution is 2.28. The lowest BCUT2D eigenvalue weighted by atomic mass is 9.90. The fraction of sp³-hybridized carbons (Fsp3) is 0.320. The van der Waals surface area contributed by atoms with Crippen molar-refractivity contribution in [3.63, 3.8) is 0 Å². The normalized spacial score (nSPS) is 20.2. The zero-order chi connectivity index (χ0) is 23.4. The number of nitrogens with one attached hydrogen (secondary N) is 2. The summed E-state index contributed by atoms with van der Waals surface area (Å²) in [5.41, 5.74) is 1.16. The van der Waals surface area contributed by atoms with E-state index >= 15 is 0 Å². The molecular formula is C25H27N3O5. The Balaban J connectivity index is 1.48. The van der Waals surface area contributed by atoms with Crippen molar-refractivity contribution in [2.45, 2.75) is 44.1 Å². The summed E-state index contributed by atoms with van der Waals surface area (Å²) in [7, 11) is 0. The monoisotopic (exact) mass is 449 g/mol. The summed E-state index contributed by atoms with van der Waals surface area (Å²) in [6, 6.07) is 19.0. The molecule has 8 heteroatoms. The van der Waals surface area contributed by atoms with Gasteiger partial charge in [-0.2, -0.15) is 0 Å². The summed E-state index contributed by atoms with van der Waals surface area (Å²) in [5, 5.41) is 13.4. The summed E-state index contributed by atoms with van der Waals surface area (Å²) in [6.45, 7) is 1.91. The van der Waals surface area contributed by atoms with E-state index in [9.17, 15) is 19.5 Å². The maximum atomic E-state index is 13.2. The average molecular weight is 450 g/mol. The van der Waals surface area contributed by atoms with Gasteiger partial charge >= 0.3 is 5.69 Å². The zero-order valence-corrected chi connectivity index (χ0v) is 18.3. The molecule has 2 heterocycles. The number of aromatic amines is 1. The first-order valence-electron chi connectivity index (χ1n) is 11.0. The molecule has 33 heavy (non-hydrogen) atoms. The molecule has 1 aliphatic rings. The van der Waals surface area contributed by atoms with E-state index in [2.05, 4.69) is 10.3 Å². The van der Waals surface area contributed by atoms with Gasteiger partial charge in [0.05, 0.1) is 12.0 Å². The average Bonchev–Trinajstić information content (AvgIpc) is 3.19. The largest absolute Gasteiger partial charge is 0.390 e. The minimum atomic E-state index is -0.869. The summed E-state index contributed by atoms with van der Waals surface area (Å²) in [6.07, 6.45) is -0.168. The molecule has 3 N–H and O–H groups in total. The molecule has 172 valence electrons. The number of aryl methyl sites for hydroxylation is 1. The third kappa shape index (κ3) is 4.97. The third-order valence-electron chi connectivity index (χ3n) is 5.94. The Kier molecular flexibility index (Phi) is 6.86. The SMILES string of the molecule is CCc1cn([C@@H]2CC(O)[C@H](CNC(=O)C(c3ccccc3)c3ccccc3)O2)c(=O)[nH]c1=O. The van der Waals surface area contributed by atoms with E-state index in [1.54, 1.807) is 0 Å². The van der Waals surface area contributed by atoms with Gasteiger partial charge in [-0.1, -0.05) is 67.6 Å². The molecule has 1 aromatic heterocycles. The van der Waals surface area contributed by atoms with Gasteiger partial charge in [-0.3, -0.25) is 19.1 Å². The van der Waals surface area contributed by atoms with Crippen molar-refractivity contribution in [2.24, 2.45) is 0 Å². The first-order chi connectivity index (χ1) is 16.0. The Labute approximate surface area is 190 Å². The molecular weight excluding hydrogens is 422 g/mol. The molecule has 0 saturated carbocycles.